The average molecular weight is 338 g/mol. The van der Waals surface area contributed by atoms with E-state index in [0.29, 0.717) is 6.04 Å². The second kappa shape index (κ2) is 8.15. The van der Waals surface area contributed by atoms with Gasteiger partial charge in [0.25, 0.3) is 5.91 Å². The number of aliphatic hydroxyl groups excluding tert-OH is 1. The highest BCUT2D eigenvalue weighted by molar-refractivity contribution is 5.85. The second-order valence-corrected chi connectivity index (χ2v) is 7.96. The molecular weight excluding hydrogens is 304 g/mol. The van der Waals surface area contributed by atoms with Crippen molar-refractivity contribution in [3.05, 3.63) is 0 Å². The molecule has 5 nitrogen and oxygen atoms in total. The smallest absolute Gasteiger partial charge is 0.252 e. The Hall–Kier alpha value is -0.650. The van der Waals surface area contributed by atoms with Crippen LogP contribution in [0, 0.1) is 0 Å². The zero-order chi connectivity index (χ0) is 17.0. The lowest BCUT2D eigenvalue weighted by molar-refractivity contribution is -0.148. The number of likely N-dealkylation sites (tertiary alicyclic amines) is 1. The summed E-state index contributed by atoms with van der Waals surface area (Å²) in [6, 6.07) is 0.586. The highest BCUT2D eigenvalue weighted by Gasteiger charge is 2.41. The van der Waals surface area contributed by atoms with Crippen LogP contribution in [0.5, 0.6) is 0 Å². The summed E-state index contributed by atoms with van der Waals surface area (Å²) in [5.41, 5.74) is -0.588. The predicted molar refractivity (Wildman–Crippen MR) is 93.8 cm³/mol. The molecule has 1 amide bonds. The minimum Gasteiger partial charge on any atom is -0.391 e. The third-order valence-electron chi connectivity index (χ3n) is 6.49. The summed E-state index contributed by atoms with van der Waals surface area (Å²) in [6.07, 6.45) is 11.3. The quantitative estimate of drug-likeness (QED) is 0.825. The molecule has 0 bridgehead atoms. The number of aliphatic hydroxyl groups is 1. The topological polar surface area (TPSA) is 61.8 Å². The Labute approximate surface area is 146 Å². The van der Waals surface area contributed by atoms with Crippen molar-refractivity contribution in [1.29, 1.82) is 0 Å². The predicted octanol–water partition coefficient (Wildman–Crippen LogP) is 2.22. The molecule has 0 spiro atoms. The zero-order valence-corrected chi connectivity index (χ0v) is 15.1. The molecule has 1 saturated heterocycles. The monoisotopic (exact) mass is 338 g/mol. The highest BCUT2D eigenvalue weighted by Crippen LogP contribution is 2.32. The van der Waals surface area contributed by atoms with Crippen LogP contribution in [0.1, 0.15) is 70.6 Å². The molecule has 0 aromatic heterocycles. The third-order valence-corrected chi connectivity index (χ3v) is 6.49. The highest BCUT2D eigenvalue weighted by atomic mass is 16.5. The van der Waals surface area contributed by atoms with Gasteiger partial charge in [0.05, 0.1) is 6.10 Å². The average Bonchev–Trinajstić information content (AvgIpc) is 2.63. The molecule has 24 heavy (non-hydrogen) atoms. The molecule has 2 saturated carbocycles. The number of methoxy groups -OCH3 is 1. The standard InChI is InChI=1S/C19H34N2O3/c1-24-19(11-5-2-6-12-19)18(23)20-15-9-13-21(14-10-15)16-7-3-4-8-17(16)22/h15-17,22H,2-14H2,1H3,(H,20,23)/t16-,17+/m0/s1. The summed E-state index contributed by atoms with van der Waals surface area (Å²) in [7, 11) is 1.68. The van der Waals surface area contributed by atoms with Crippen LogP contribution in [0.4, 0.5) is 0 Å². The minimum absolute atomic E-state index is 0.0980. The van der Waals surface area contributed by atoms with E-state index in [9.17, 15) is 9.90 Å². The first-order valence-electron chi connectivity index (χ1n) is 9.93. The molecule has 3 aliphatic rings. The molecule has 3 rings (SSSR count). The maximum atomic E-state index is 12.8. The molecule has 0 radical (unpaired) electrons. The first-order valence-corrected chi connectivity index (χ1v) is 9.93. The van der Waals surface area contributed by atoms with Gasteiger partial charge < -0.3 is 15.2 Å². The molecule has 138 valence electrons. The number of hydrogen-bond acceptors (Lipinski definition) is 4. The van der Waals surface area contributed by atoms with E-state index in [2.05, 4.69) is 10.2 Å². The van der Waals surface area contributed by atoms with Crippen LogP contribution in [0.2, 0.25) is 0 Å². The van der Waals surface area contributed by atoms with Crippen molar-refractivity contribution in [3.8, 4) is 0 Å². The lowest BCUT2D eigenvalue weighted by atomic mass is 9.83. The number of nitrogens with one attached hydrogen (secondary N) is 1. The molecule has 0 unspecified atom stereocenters. The van der Waals surface area contributed by atoms with Crippen LogP contribution < -0.4 is 5.32 Å². The van der Waals surface area contributed by atoms with Crippen molar-refractivity contribution in [1.82, 2.24) is 10.2 Å². The first kappa shape index (κ1) is 18.2. The van der Waals surface area contributed by atoms with E-state index >= 15 is 0 Å². The summed E-state index contributed by atoms with van der Waals surface area (Å²) < 4.78 is 5.66. The number of amides is 1. The van der Waals surface area contributed by atoms with E-state index in [-0.39, 0.29) is 18.1 Å². The van der Waals surface area contributed by atoms with Gasteiger partial charge in [-0.2, -0.15) is 0 Å². The van der Waals surface area contributed by atoms with Crippen molar-refractivity contribution >= 4 is 5.91 Å². The molecule has 3 fully saturated rings. The molecule has 0 aromatic rings. The fourth-order valence-corrected chi connectivity index (χ4v) is 4.86. The third kappa shape index (κ3) is 3.94. The van der Waals surface area contributed by atoms with Gasteiger partial charge in [-0.1, -0.05) is 32.1 Å². The number of rotatable bonds is 4. The molecule has 1 heterocycles. The summed E-state index contributed by atoms with van der Waals surface area (Å²) in [6.45, 7) is 1.96. The van der Waals surface area contributed by atoms with Gasteiger partial charge in [-0.15, -0.1) is 0 Å². The number of carbonyl (C=O) groups excluding carboxylic acids is 1. The number of carbonyl (C=O) groups is 1. The summed E-state index contributed by atoms with van der Waals surface area (Å²) in [5.74, 6) is 0.0980. The fraction of sp³-hybridized carbons (Fsp3) is 0.947. The van der Waals surface area contributed by atoms with Gasteiger partial charge in [0.1, 0.15) is 5.60 Å². The molecule has 0 aromatic carbocycles. The van der Waals surface area contributed by atoms with Gasteiger partial charge in [0.15, 0.2) is 0 Å². The van der Waals surface area contributed by atoms with E-state index in [1.807, 2.05) is 0 Å². The van der Waals surface area contributed by atoms with Gasteiger partial charge >= 0.3 is 0 Å². The first-order chi connectivity index (χ1) is 11.6. The van der Waals surface area contributed by atoms with Crippen LogP contribution in [0.3, 0.4) is 0 Å². The van der Waals surface area contributed by atoms with E-state index < -0.39 is 5.60 Å². The van der Waals surface area contributed by atoms with Crippen molar-refractivity contribution in [2.24, 2.45) is 0 Å². The lowest BCUT2D eigenvalue weighted by Gasteiger charge is -2.42. The number of piperidine rings is 1. The van der Waals surface area contributed by atoms with Crippen LogP contribution >= 0.6 is 0 Å². The summed E-state index contributed by atoms with van der Waals surface area (Å²) >= 11 is 0. The Morgan fingerprint density at radius 2 is 1.71 bits per heavy atom. The normalized spacial score (nSPS) is 32.4. The maximum absolute atomic E-state index is 12.8. The number of hydrogen-bond donors (Lipinski definition) is 2. The van der Waals surface area contributed by atoms with Gasteiger partial charge in [0, 0.05) is 32.3 Å². The van der Waals surface area contributed by atoms with E-state index in [1.165, 1.54) is 12.8 Å². The lowest BCUT2D eigenvalue weighted by Crippen LogP contribution is -2.56. The second-order valence-electron chi connectivity index (χ2n) is 7.96. The fourth-order valence-electron chi connectivity index (χ4n) is 4.86. The number of ether oxygens (including phenoxy) is 1. The van der Waals surface area contributed by atoms with Crippen molar-refractivity contribution < 1.29 is 14.6 Å². The zero-order valence-electron chi connectivity index (χ0n) is 15.1. The summed E-state index contributed by atoms with van der Waals surface area (Å²) in [5, 5.41) is 13.5. The summed E-state index contributed by atoms with van der Waals surface area (Å²) in [4.78, 5) is 15.2. The van der Waals surface area contributed by atoms with E-state index in [0.717, 1.165) is 70.9 Å². The van der Waals surface area contributed by atoms with Gasteiger partial charge in [0.2, 0.25) is 0 Å². The van der Waals surface area contributed by atoms with Gasteiger partial charge in [-0.3, -0.25) is 9.69 Å². The Bertz CT molecular complexity index is 415. The molecule has 5 heteroatoms. The van der Waals surface area contributed by atoms with E-state index in [1.54, 1.807) is 7.11 Å². The molecule has 1 aliphatic heterocycles. The van der Waals surface area contributed by atoms with Crippen molar-refractivity contribution in [2.45, 2.75) is 94.4 Å². The molecule has 2 N–H and O–H groups in total. The van der Waals surface area contributed by atoms with Crippen molar-refractivity contribution in [2.75, 3.05) is 20.2 Å². The van der Waals surface area contributed by atoms with Crippen LogP contribution in [0.15, 0.2) is 0 Å². The SMILES string of the molecule is COC1(C(=O)NC2CCN([C@H]3CCCC[C@H]3O)CC2)CCCCC1. The van der Waals surface area contributed by atoms with Crippen LogP contribution in [0.25, 0.3) is 0 Å². The Kier molecular flexibility index (Phi) is 6.17. The maximum Gasteiger partial charge on any atom is 0.252 e. The van der Waals surface area contributed by atoms with Crippen LogP contribution in [-0.2, 0) is 9.53 Å². The van der Waals surface area contributed by atoms with Gasteiger partial charge in [-0.25, -0.2) is 0 Å². The molecule has 2 aliphatic carbocycles. The number of nitrogens with zero attached hydrogens (tertiary/aromatic N) is 1. The minimum atomic E-state index is -0.588. The Morgan fingerprint density at radius 1 is 1.04 bits per heavy atom. The molecule has 2 atom stereocenters. The van der Waals surface area contributed by atoms with Crippen LogP contribution in [-0.4, -0.2) is 59.9 Å². The van der Waals surface area contributed by atoms with Crippen molar-refractivity contribution in [3.63, 3.8) is 0 Å². The Morgan fingerprint density at radius 3 is 2.33 bits per heavy atom. The van der Waals surface area contributed by atoms with Gasteiger partial charge in [-0.05, 0) is 38.5 Å². The van der Waals surface area contributed by atoms with E-state index in [4.69, 9.17) is 4.74 Å². The largest absolute Gasteiger partial charge is 0.391 e. The molecular formula is C19H34N2O3. The Balaban J connectivity index is 1.49.